The first-order chi connectivity index (χ1) is 13.0. The zero-order valence-electron chi connectivity index (χ0n) is 16.6. The predicted molar refractivity (Wildman–Crippen MR) is 102 cm³/mol. The summed E-state index contributed by atoms with van der Waals surface area (Å²) in [6.45, 7) is 9.51. The molecule has 0 aromatic carbocycles. The Labute approximate surface area is 161 Å². The molecule has 150 valence electrons. The summed E-state index contributed by atoms with van der Waals surface area (Å²) in [5, 5.41) is 0. The number of urea groups is 1. The van der Waals surface area contributed by atoms with E-state index in [1.807, 2.05) is 16.0 Å². The van der Waals surface area contributed by atoms with Crippen LogP contribution in [0.25, 0.3) is 0 Å². The van der Waals surface area contributed by atoms with Crippen LogP contribution in [0, 0.1) is 0 Å². The van der Waals surface area contributed by atoms with Crippen molar-refractivity contribution in [1.82, 2.24) is 19.4 Å². The van der Waals surface area contributed by atoms with Crippen molar-refractivity contribution in [3.8, 4) is 0 Å². The standard InChI is InChI=1S/C20H32N4O3/c1-20(2)15-16(5-12-27-20)18-21-6-9-24(18)17-3-7-22(8-4-17)19(25)23-10-13-26-14-11-23/h6,9,16-17H,3-5,7-8,10-15H2,1-2H3/t16-/m1/s1. The maximum absolute atomic E-state index is 12.7. The van der Waals surface area contributed by atoms with E-state index in [0.717, 1.165) is 45.4 Å². The van der Waals surface area contributed by atoms with Gasteiger partial charge in [0.15, 0.2) is 0 Å². The Morgan fingerprint density at radius 1 is 1.07 bits per heavy atom. The summed E-state index contributed by atoms with van der Waals surface area (Å²) >= 11 is 0. The van der Waals surface area contributed by atoms with Gasteiger partial charge < -0.3 is 23.8 Å². The summed E-state index contributed by atoms with van der Waals surface area (Å²) in [6, 6.07) is 0.607. The van der Waals surface area contributed by atoms with Gasteiger partial charge >= 0.3 is 6.03 Å². The fourth-order valence-electron chi connectivity index (χ4n) is 4.69. The van der Waals surface area contributed by atoms with Crippen LogP contribution in [0.15, 0.2) is 12.4 Å². The third-order valence-corrected chi connectivity index (χ3v) is 6.17. The van der Waals surface area contributed by atoms with E-state index in [1.54, 1.807) is 0 Å². The van der Waals surface area contributed by atoms with E-state index in [1.165, 1.54) is 5.82 Å². The molecule has 0 saturated carbocycles. The number of likely N-dealkylation sites (tertiary alicyclic amines) is 1. The Kier molecular flexibility index (Phi) is 5.41. The predicted octanol–water partition coefficient (Wildman–Crippen LogP) is 2.64. The maximum Gasteiger partial charge on any atom is 0.320 e. The number of amides is 2. The van der Waals surface area contributed by atoms with E-state index in [4.69, 9.17) is 14.5 Å². The fraction of sp³-hybridized carbons (Fsp3) is 0.800. The summed E-state index contributed by atoms with van der Waals surface area (Å²) in [5.74, 6) is 1.65. The van der Waals surface area contributed by atoms with E-state index < -0.39 is 0 Å². The highest BCUT2D eigenvalue weighted by molar-refractivity contribution is 5.74. The molecule has 0 spiro atoms. The molecule has 0 N–H and O–H groups in total. The Morgan fingerprint density at radius 3 is 2.48 bits per heavy atom. The monoisotopic (exact) mass is 376 g/mol. The Balaban J connectivity index is 1.38. The third-order valence-electron chi connectivity index (χ3n) is 6.17. The second-order valence-corrected chi connectivity index (χ2v) is 8.59. The lowest BCUT2D eigenvalue weighted by molar-refractivity contribution is -0.0608. The normalized spacial score (nSPS) is 27.0. The van der Waals surface area contributed by atoms with Crippen LogP contribution in [0.3, 0.4) is 0 Å². The third kappa shape index (κ3) is 4.14. The smallest absolute Gasteiger partial charge is 0.320 e. The molecule has 3 saturated heterocycles. The van der Waals surface area contributed by atoms with Gasteiger partial charge in [-0.3, -0.25) is 0 Å². The molecule has 0 radical (unpaired) electrons. The molecule has 1 atom stereocenters. The first kappa shape index (κ1) is 18.7. The van der Waals surface area contributed by atoms with Gasteiger partial charge in [0.2, 0.25) is 0 Å². The second kappa shape index (κ2) is 7.80. The SMILES string of the molecule is CC1(C)C[C@H](c2nccn2C2CCN(C(=O)N3CCOCC3)CC2)CCO1. The molecule has 1 aromatic heterocycles. The summed E-state index contributed by atoms with van der Waals surface area (Å²) in [7, 11) is 0. The number of aromatic nitrogens is 2. The van der Waals surface area contributed by atoms with E-state index in [-0.39, 0.29) is 11.6 Å². The number of hydrogen-bond acceptors (Lipinski definition) is 4. The molecule has 2 amide bonds. The van der Waals surface area contributed by atoms with Gasteiger partial charge in [0.1, 0.15) is 5.82 Å². The maximum atomic E-state index is 12.7. The minimum absolute atomic E-state index is 0.0758. The van der Waals surface area contributed by atoms with Crippen LogP contribution < -0.4 is 0 Å². The molecule has 7 heteroatoms. The molecule has 4 rings (SSSR count). The zero-order valence-corrected chi connectivity index (χ0v) is 16.6. The van der Waals surface area contributed by atoms with E-state index >= 15 is 0 Å². The number of hydrogen-bond donors (Lipinski definition) is 0. The first-order valence-electron chi connectivity index (χ1n) is 10.3. The fourth-order valence-corrected chi connectivity index (χ4v) is 4.69. The highest BCUT2D eigenvalue weighted by atomic mass is 16.5. The summed E-state index contributed by atoms with van der Waals surface area (Å²) in [5.41, 5.74) is -0.0758. The topological polar surface area (TPSA) is 59.8 Å². The van der Waals surface area contributed by atoms with Crippen molar-refractivity contribution in [3.63, 3.8) is 0 Å². The Morgan fingerprint density at radius 2 is 1.78 bits per heavy atom. The van der Waals surface area contributed by atoms with Gasteiger partial charge in [-0.2, -0.15) is 0 Å². The molecule has 3 aliphatic rings. The van der Waals surface area contributed by atoms with Crippen molar-refractivity contribution in [3.05, 3.63) is 18.2 Å². The highest BCUT2D eigenvalue weighted by Gasteiger charge is 2.34. The first-order valence-corrected chi connectivity index (χ1v) is 10.3. The van der Waals surface area contributed by atoms with E-state index in [2.05, 4.69) is 24.6 Å². The average molecular weight is 377 g/mol. The van der Waals surface area contributed by atoms with Crippen LogP contribution >= 0.6 is 0 Å². The number of imidazole rings is 1. The number of carbonyl (C=O) groups is 1. The average Bonchev–Trinajstić information content (AvgIpc) is 3.17. The summed E-state index contributed by atoms with van der Waals surface area (Å²) in [6.07, 6.45) is 8.09. The number of piperidine rings is 1. The minimum Gasteiger partial charge on any atom is -0.378 e. The van der Waals surface area contributed by atoms with Crippen LogP contribution in [0.2, 0.25) is 0 Å². The van der Waals surface area contributed by atoms with Crippen molar-refractivity contribution in [2.75, 3.05) is 46.0 Å². The lowest BCUT2D eigenvalue weighted by Gasteiger charge is -2.39. The van der Waals surface area contributed by atoms with Crippen LogP contribution in [-0.2, 0) is 9.47 Å². The van der Waals surface area contributed by atoms with Gasteiger partial charge in [-0.05, 0) is 39.5 Å². The number of nitrogens with zero attached hydrogens (tertiary/aromatic N) is 4. The zero-order chi connectivity index (χ0) is 18.9. The lowest BCUT2D eigenvalue weighted by atomic mass is 9.87. The molecule has 27 heavy (non-hydrogen) atoms. The molecule has 3 fully saturated rings. The van der Waals surface area contributed by atoms with Crippen molar-refractivity contribution in [2.24, 2.45) is 0 Å². The van der Waals surface area contributed by atoms with Gasteiger partial charge in [0.05, 0.1) is 18.8 Å². The van der Waals surface area contributed by atoms with E-state index in [0.29, 0.717) is 38.3 Å². The summed E-state index contributed by atoms with van der Waals surface area (Å²) < 4.78 is 13.6. The molecule has 1 aromatic rings. The van der Waals surface area contributed by atoms with Gasteiger partial charge in [-0.15, -0.1) is 0 Å². The van der Waals surface area contributed by atoms with Crippen LogP contribution in [0.4, 0.5) is 4.79 Å². The quantitative estimate of drug-likeness (QED) is 0.796. The van der Waals surface area contributed by atoms with Crippen LogP contribution in [0.5, 0.6) is 0 Å². The van der Waals surface area contributed by atoms with Gasteiger partial charge in [0, 0.05) is 57.1 Å². The second-order valence-electron chi connectivity index (χ2n) is 8.59. The number of carbonyl (C=O) groups excluding carboxylic acids is 1. The van der Waals surface area contributed by atoms with Gasteiger partial charge in [-0.25, -0.2) is 9.78 Å². The number of rotatable bonds is 2. The highest BCUT2D eigenvalue weighted by Crippen LogP contribution is 2.37. The van der Waals surface area contributed by atoms with Crippen molar-refractivity contribution in [2.45, 2.75) is 57.1 Å². The van der Waals surface area contributed by atoms with Crippen LogP contribution in [0.1, 0.15) is 57.3 Å². The van der Waals surface area contributed by atoms with Crippen molar-refractivity contribution < 1.29 is 14.3 Å². The Hall–Kier alpha value is -1.60. The van der Waals surface area contributed by atoms with E-state index in [9.17, 15) is 4.79 Å². The van der Waals surface area contributed by atoms with Gasteiger partial charge in [0.25, 0.3) is 0 Å². The Bertz CT molecular complexity index is 645. The lowest BCUT2D eigenvalue weighted by Crippen LogP contribution is -2.50. The number of ether oxygens (including phenoxy) is 2. The minimum atomic E-state index is -0.0758. The molecule has 0 unspecified atom stereocenters. The number of morpholine rings is 1. The van der Waals surface area contributed by atoms with Crippen LogP contribution in [-0.4, -0.2) is 77.0 Å². The molecule has 7 nitrogen and oxygen atoms in total. The van der Waals surface area contributed by atoms with Crippen molar-refractivity contribution in [1.29, 1.82) is 0 Å². The largest absolute Gasteiger partial charge is 0.378 e. The molecule has 4 heterocycles. The van der Waals surface area contributed by atoms with Gasteiger partial charge in [-0.1, -0.05) is 0 Å². The summed E-state index contributed by atoms with van der Waals surface area (Å²) in [4.78, 5) is 21.3. The molecular weight excluding hydrogens is 344 g/mol. The molecular formula is C20H32N4O3. The molecule has 3 aliphatic heterocycles. The van der Waals surface area contributed by atoms with Crippen molar-refractivity contribution >= 4 is 6.03 Å². The molecule has 0 aliphatic carbocycles. The molecule has 0 bridgehead atoms.